The van der Waals surface area contributed by atoms with Gasteiger partial charge in [-0.25, -0.2) is 0 Å². The molecular weight excluding hydrogens is 158 g/mol. The van der Waals surface area contributed by atoms with E-state index in [4.69, 9.17) is 5.73 Å². The Balaban J connectivity index is 2.84. The Bertz CT molecular complexity index is 267. The molecule has 0 saturated heterocycles. The second-order valence-corrected chi connectivity index (χ2v) is 3.59. The highest BCUT2D eigenvalue weighted by atomic mass is 32.1. The van der Waals surface area contributed by atoms with Crippen molar-refractivity contribution < 1.29 is 4.79 Å². The molecule has 2 nitrogen and oxygen atoms in total. The van der Waals surface area contributed by atoms with Crippen LogP contribution < -0.4 is 5.73 Å². The van der Waals surface area contributed by atoms with Gasteiger partial charge in [-0.05, 0) is 30.9 Å². The third kappa shape index (κ3) is 1.80. The van der Waals surface area contributed by atoms with Crippen molar-refractivity contribution in [3.63, 3.8) is 0 Å². The van der Waals surface area contributed by atoms with Crippen LogP contribution in [0.25, 0.3) is 0 Å². The molecule has 1 aromatic rings. The van der Waals surface area contributed by atoms with Gasteiger partial charge in [-0.1, -0.05) is 0 Å². The van der Waals surface area contributed by atoms with Crippen LogP contribution in [0, 0.1) is 6.92 Å². The minimum atomic E-state index is -0.258. The van der Waals surface area contributed by atoms with Crippen molar-refractivity contribution in [3.05, 3.63) is 21.9 Å². The maximum Gasteiger partial charge on any atom is 0.225 e. The third-order valence-electron chi connectivity index (χ3n) is 1.60. The van der Waals surface area contributed by atoms with Gasteiger partial charge in [0.2, 0.25) is 5.91 Å². The molecule has 0 aliphatic heterocycles. The molecule has 0 spiro atoms. The van der Waals surface area contributed by atoms with Crippen LogP contribution in [0.3, 0.4) is 0 Å². The van der Waals surface area contributed by atoms with Gasteiger partial charge in [0.05, 0.1) is 5.92 Å². The normalized spacial score (nSPS) is 12.9. The topological polar surface area (TPSA) is 43.1 Å². The highest BCUT2D eigenvalue weighted by Crippen LogP contribution is 2.22. The van der Waals surface area contributed by atoms with Crippen LogP contribution in [0.2, 0.25) is 0 Å². The molecule has 0 aliphatic carbocycles. The minimum Gasteiger partial charge on any atom is -0.369 e. The molecule has 2 N–H and O–H groups in total. The number of aryl methyl sites for hydroxylation is 1. The molecule has 0 saturated carbocycles. The molecule has 3 heteroatoms. The highest BCUT2D eigenvalue weighted by Gasteiger charge is 2.12. The van der Waals surface area contributed by atoms with E-state index in [0.29, 0.717) is 0 Å². The molecule has 1 unspecified atom stereocenters. The lowest BCUT2D eigenvalue weighted by Gasteiger charge is -2.01. The SMILES string of the molecule is Cc1csc(C(C)C(N)=O)c1. The second kappa shape index (κ2) is 3.05. The highest BCUT2D eigenvalue weighted by molar-refractivity contribution is 7.10. The van der Waals surface area contributed by atoms with Crippen LogP contribution >= 0.6 is 11.3 Å². The summed E-state index contributed by atoms with van der Waals surface area (Å²) in [7, 11) is 0. The molecule has 1 amide bonds. The molecule has 11 heavy (non-hydrogen) atoms. The maximum absolute atomic E-state index is 10.7. The van der Waals surface area contributed by atoms with Crippen molar-refractivity contribution in [1.82, 2.24) is 0 Å². The number of nitrogens with two attached hydrogens (primary N) is 1. The third-order valence-corrected chi connectivity index (χ3v) is 2.84. The standard InChI is InChI=1S/C8H11NOS/c1-5-3-7(11-4-5)6(2)8(9)10/h3-4,6H,1-2H3,(H2,9,10). The van der Waals surface area contributed by atoms with Crippen molar-refractivity contribution in [1.29, 1.82) is 0 Å². The van der Waals surface area contributed by atoms with Gasteiger partial charge in [0.1, 0.15) is 0 Å². The Morgan fingerprint density at radius 2 is 2.36 bits per heavy atom. The Hall–Kier alpha value is -0.830. The fourth-order valence-electron chi connectivity index (χ4n) is 0.821. The van der Waals surface area contributed by atoms with E-state index in [2.05, 4.69) is 0 Å². The first-order valence-corrected chi connectivity index (χ1v) is 4.33. The monoisotopic (exact) mass is 169 g/mol. The van der Waals surface area contributed by atoms with Crippen molar-refractivity contribution >= 4 is 17.2 Å². The molecule has 1 aromatic heterocycles. The summed E-state index contributed by atoms with van der Waals surface area (Å²) >= 11 is 1.59. The van der Waals surface area contributed by atoms with Gasteiger partial charge < -0.3 is 5.73 Å². The average molecular weight is 169 g/mol. The van der Waals surface area contributed by atoms with Gasteiger partial charge in [0.25, 0.3) is 0 Å². The summed E-state index contributed by atoms with van der Waals surface area (Å²) in [5.74, 6) is -0.402. The van der Waals surface area contributed by atoms with Crippen LogP contribution in [0.4, 0.5) is 0 Å². The van der Waals surface area contributed by atoms with Gasteiger partial charge >= 0.3 is 0 Å². The Kier molecular flexibility index (Phi) is 2.29. The number of carbonyl (C=O) groups is 1. The first-order chi connectivity index (χ1) is 5.11. The predicted molar refractivity (Wildman–Crippen MR) is 46.7 cm³/mol. The van der Waals surface area contributed by atoms with E-state index in [1.54, 1.807) is 11.3 Å². The zero-order chi connectivity index (χ0) is 8.43. The Morgan fingerprint density at radius 1 is 1.73 bits per heavy atom. The molecule has 1 rings (SSSR count). The number of hydrogen-bond donors (Lipinski definition) is 1. The molecule has 1 atom stereocenters. The number of carbonyl (C=O) groups excluding carboxylic acids is 1. The molecule has 60 valence electrons. The second-order valence-electron chi connectivity index (χ2n) is 2.65. The van der Waals surface area contributed by atoms with E-state index in [1.807, 2.05) is 25.3 Å². The summed E-state index contributed by atoms with van der Waals surface area (Å²) in [6.45, 7) is 3.83. The number of primary amides is 1. The lowest BCUT2D eigenvalue weighted by atomic mass is 10.1. The summed E-state index contributed by atoms with van der Waals surface area (Å²) in [6, 6.07) is 2.00. The smallest absolute Gasteiger partial charge is 0.225 e. The summed E-state index contributed by atoms with van der Waals surface area (Å²) in [6.07, 6.45) is 0. The summed E-state index contributed by atoms with van der Waals surface area (Å²) in [4.78, 5) is 11.8. The van der Waals surface area contributed by atoms with Crippen molar-refractivity contribution in [3.8, 4) is 0 Å². The van der Waals surface area contributed by atoms with Crippen molar-refractivity contribution in [2.45, 2.75) is 19.8 Å². The lowest BCUT2D eigenvalue weighted by molar-refractivity contribution is -0.119. The molecule has 1 heterocycles. The summed E-state index contributed by atoms with van der Waals surface area (Å²) in [5, 5.41) is 2.02. The molecule has 0 radical (unpaired) electrons. The number of thiophene rings is 1. The van der Waals surface area contributed by atoms with Gasteiger partial charge in [-0.2, -0.15) is 0 Å². The number of hydrogen-bond acceptors (Lipinski definition) is 2. The lowest BCUT2D eigenvalue weighted by Crippen LogP contribution is -2.17. The van der Waals surface area contributed by atoms with E-state index >= 15 is 0 Å². The minimum absolute atomic E-state index is 0.145. The van der Waals surface area contributed by atoms with Crippen molar-refractivity contribution in [2.75, 3.05) is 0 Å². The molecular formula is C8H11NOS. The van der Waals surface area contributed by atoms with Crippen LogP contribution in [-0.4, -0.2) is 5.91 Å². The van der Waals surface area contributed by atoms with E-state index in [1.165, 1.54) is 5.56 Å². The summed E-state index contributed by atoms with van der Waals surface area (Å²) in [5.41, 5.74) is 6.34. The largest absolute Gasteiger partial charge is 0.369 e. The Labute approximate surface area is 70.0 Å². The van der Waals surface area contributed by atoms with Gasteiger partial charge in [-0.3, -0.25) is 4.79 Å². The number of rotatable bonds is 2. The first kappa shape index (κ1) is 8.27. The Morgan fingerprint density at radius 3 is 2.73 bits per heavy atom. The van der Waals surface area contributed by atoms with Crippen LogP contribution in [0.5, 0.6) is 0 Å². The molecule has 0 bridgehead atoms. The van der Waals surface area contributed by atoms with Gasteiger partial charge in [-0.15, -0.1) is 11.3 Å². The van der Waals surface area contributed by atoms with Gasteiger partial charge in [0, 0.05) is 4.88 Å². The van der Waals surface area contributed by atoms with Gasteiger partial charge in [0.15, 0.2) is 0 Å². The van der Waals surface area contributed by atoms with Crippen LogP contribution in [0.15, 0.2) is 11.4 Å². The van der Waals surface area contributed by atoms with Crippen molar-refractivity contribution in [2.24, 2.45) is 5.73 Å². The van der Waals surface area contributed by atoms with E-state index in [9.17, 15) is 4.79 Å². The molecule has 0 aliphatic rings. The first-order valence-electron chi connectivity index (χ1n) is 3.45. The molecule has 0 aromatic carbocycles. The maximum atomic E-state index is 10.7. The fourth-order valence-corrected chi connectivity index (χ4v) is 1.78. The van der Waals surface area contributed by atoms with E-state index in [-0.39, 0.29) is 11.8 Å². The van der Waals surface area contributed by atoms with Crippen LogP contribution in [-0.2, 0) is 4.79 Å². The zero-order valence-corrected chi connectivity index (χ0v) is 7.44. The number of amides is 1. The summed E-state index contributed by atoms with van der Waals surface area (Å²) < 4.78 is 0. The average Bonchev–Trinajstić information content (AvgIpc) is 2.34. The quantitative estimate of drug-likeness (QED) is 0.718. The molecule has 0 fully saturated rings. The fraction of sp³-hybridized carbons (Fsp3) is 0.375. The van der Waals surface area contributed by atoms with Crippen LogP contribution in [0.1, 0.15) is 23.3 Å². The van der Waals surface area contributed by atoms with E-state index in [0.717, 1.165) is 4.88 Å². The zero-order valence-electron chi connectivity index (χ0n) is 6.63. The predicted octanol–water partition coefficient (Wildman–Crippen LogP) is 1.65. The van der Waals surface area contributed by atoms with E-state index < -0.39 is 0 Å².